The highest BCUT2D eigenvalue weighted by molar-refractivity contribution is 6.31. The van der Waals surface area contributed by atoms with E-state index in [9.17, 15) is 14.4 Å². The number of nitrogens with one attached hydrogen (secondary N) is 1. The minimum Gasteiger partial charge on any atom is -0.482 e. The van der Waals surface area contributed by atoms with Gasteiger partial charge in [-0.05, 0) is 36.4 Å². The highest BCUT2D eigenvalue weighted by Gasteiger charge is 2.18. The number of carbonyl (C=O) groups is 3. The van der Waals surface area contributed by atoms with Crippen LogP contribution in [0.4, 0.5) is 5.69 Å². The van der Waals surface area contributed by atoms with Crippen molar-refractivity contribution in [2.75, 3.05) is 18.5 Å². The summed E-state index contributed by atoms with van der Waals surface area (Å²) in [5, 5.41) is 2.87. The van der Waals surface area contributed by atoms with Crippen molar-refractivity contribution in [1.29, 1.82) is 0 Å². The van der Waals surface area contributed by atoms with Gasteiger partial charge in [-0.1, -0.05) is 17.7 Å². The first kappa shape index (κ1) is 18.7. The van der Waals surface area contributed by atoms with Gasteiger partial charge in [-0.3, -0.25) is 14.0 Å². The van der Waals surface area contributed by atoms with Gasteiger partial charge in [0.25, 0.3) is 5.91 Å². The van der Waals surface area contributed by atoms with Gasteiger partial charge in [-0.15, -0.1) is 0 Å². The van der Waals surface area contributed by atoms with Gasteiger partial charge >= 0.3 is 5.97 Å². The first-order valence-corrected chi connectivity index (χ1v) is 8.96. The molecule has 9 heteroatoms. The van der Waals surface area contributed by atoms with Gasteiger partial charge in [-0.2, -0.15) is 0 Å². The van der Waals surface area contributed by atoms with Gasteiger partial charge in [0.2, 0.25) is 0 Å². The fourth-order valence-corrected chi connectivity index (χ4v) is 3.05. The van der Waals surface area contributed by atoms with Gasteiger partial charge in [0.15, 0.2) is 24.2 Å². The number of ketones is 1. The zero-order chi connectivity index (χ0) is 20.4. The zero-order valence-electron chi connectivity index (χ0n) is 14.9. The number of nitrogens with zero attached hydrogens (tertiary/aromatic N) is 2. The van der Waals surface area contributed by atoms with Gasteiger partial charge in [0.1, 0.15) is 11.4 Å². The summed E-state index contributed by atoms with van der Waals surface area (Å²) in [6.07, 6.45) is 4.42. The Balaban J connectivity index is 1.40. The number of esters is 1. The molecule has 2 aromatic heterocycles. The number of pyridine rings is 1. The van der Waals surface area contributed by atoms with Crippen LogP contribution in [-0.2, 0) is 14.3 Å². The topological polar surface area (TPSA) is 99.0 Å². The SMILES string of the molecule is O=C1COc2ccc(C(=O)COC(=O)/C=C/c3c(Cl)nc4ccccn34)cc2N1. The van der Waals surface area contributed by atoms with Crippen LogP contribution >= 0.6 is 11.6 Å². The summed E-state index contributed by atoms with van der Waals surface area (Å²) in [5.74, 6) is -0.937. The van der Waals surface area contributed by atoms with E-state index in [1.54, 1.807) is 28.8 Å². The third-order valence-corrected chi connectivity index (χ3v) is 4.46. The first-order valence-electron chi connectivity index (χ1n) is 8.58. The fraction of sp³-hybridized carbons (Fsp3) is 0.100. The number of hydrogen-bond acceptors (Lipinski definition) is 6. The third-order valence-electron chi connectivity index (χ3n) is 4.18. The lowest BCUT2D eigenvalue weighted by atomic mass is 10.1. The van der Waals surface area contributed by atoms with E-state index in [0.717, 1.165) is 0 Å². The Morgan fingerprint density at radius 1 is 1.31 bits per heavy atom. The maximum absolute atomic E-state index is 12.3. The summed E-state index contributed by atoms with van der Waals surface area (Å²) >= 11 is 6.10. The summed E-state index contributed by atoms with van der Waals surface area (Å²) in [5.41, 5.74) is 1.86. The van der Waals surface area contributed by atoms with E-state index in [0.29, 0.717) is 22.8 Å². The molecule has 29 heavy (non-hydrogen) atoms. The molecule has 3 heterocycles. The molecular weight excluding hydrogens is 398 g/mol. The van der Waals surface area contributed by atoms with Crippen LogP contribution in [0.15, 0.2) is 48.7 Å². The maximum atomic E-state index is 12.3. The summed E-state index contributed by atoms with van der Waals surface area (Å²) in [4.78, 5) is 39.8. The number of halogens is 1. The molecule has 1 amide bonds. The lowest BCUT2D eigenvalue weighted by molar-refractivity contribution is -0.136. The quantitative estimate of drug-likeness (QED) is 0.394. The first-order chi connectivity index (χ1) is 14.0. The number of imidazole rings is 1. The molecule has 3 aromatic rings. The number of fused-ring (bicyclic) bond motifs is 2. The van der Waals surface area contributed by atoms with Crippen molar-refractivity contribution >= 4 is 46.7 Å². The van der Waals surface area contributed by atoms with Gasteiger partial charge in [0, 0.05) is 17.8 Å². The second-order valence-corrected chi connectivity index (χ2v) is 6.49. The number of amides is 1. The number of rotatable bonds is 5. The number of hydrogen-bond donors (Lipinski definition) is 1. The van der Waals surface area contributed by atoms with Crippen molar-refractivity contribution in [3.63, 3.8) is 0 Å². The Kier molecular flexibility index (Phi) is 5.01. The van der Waals surface area contributed by atoms with Crippen molar-refractivity contribution < 1.29 is 23.9 Å². The number of ether oxygens (including phenoxy) is 2. The Labute approximate surface area is 169 Å². The Morgan fingerprint density at radius 2 is 2.17 bits per heavy atom. The van der Waals surface area contributed by atoms with E-state index in [1.165, 1.54) is 18.2 Å². The molecule has 4 rings (SSSR count). The van der Waals surface area contributed by atoms with Crippen LogP contribution in [-0.4, -0.2) is 40.3 Å². The molecule has 0 radical (unpaired) electrons. The summed E-state index contributed by atoms with van der Waals surface area (Å²) < 4.78 is 12.0. The van der Waals surface area contributed by atoms with E-state index >= 15 is 0 Å². The van der Waals surface area contributed by atoms with Crippen LogP contribution in [0.3, 0.4) is 0 Å². The summed E-state index contributed by atoms with van der Waals surface area (Å²) in [6, 6.07) is 10.0. The Hall–Kier alpha value is -3.65. The van der Waals surface area contributed by atoms with E-state index in [1.807, 2.05) is 12.1 Å². The number of carbonyl (C=O) groups excluding carboxylic acids is 3. The highest BCUT2D eigenvalue weighted by atomic mass is 35.5. The molecular formula is C20H14ClN3O5. The molecule has 0 saturated heterocycles. The van der Waals surface area contributed by atoms with Crippen molar-refractivity contribution in [1.82, 2.24) is 9.38 Å². The fourth-order valence-electron chi connectivity index (χ4n) is 2.81. The second-order valence-electron chi connectivity index (χ2n) is 6.13. The minimum atomic E-state index is -0.699. The highest BCUT2D eigenvalue weighted by Crippen LogP contribution is 2.28. The summed E-state index contributed by atoms with van der Waals surface area (Å²) in [7, 11) is 0. The van der Waals surface area contributed by atoms with Crippen molar-refractivity contribution in [2.24, 2.45) is 0 Å². The van der Waals surface area contributed by atoms with Crippen LogP contribution < -0.4 is 10.1 Å². The molecule has 1 aliphatic heterocycles. The molecule has 1 N–H and O–H groups in total. The van der Waals surface area contributed by atoms with Gasteiger partial charge < -0.3 is 14.8 Å². The molecule has 0 atom stereocenters. The predicted octanol–water partition coefficient (Wildman–Crippen LogP) is 2.76. The van der Waals surface area contributed by atoms with Gasteiger partial charge in [-0.25, -0.2) is 9.78 Å². The van der Waals surface area contributed by atoms with Crippen LogP contribution in [0.5, 0.6) is 5.75 Å². The molecule has 0 bridgehead atoms. The number of anilines is 1. The smallest absolute Gasteiger partial charge is 0.331 e. The molecule has 0 aliphatic carbocycles. The zero-order valence-corrected chi connectivity index (χ0v) is 15.7. The second kappa shape index (κ2) is 7.76. The molecule has 0 spiro atoms. The molecule has 1 aromatic carbocycles. The van der Waals surface area contributed by atoms with Crippen LogP contribution in [0.2, 0.25) is 5.15 Å². The molecule has 0 unspecified atom stereocenters. The average Bonchev–Trinajstić information content (AvgIpc) is 3.04. The Bertz CT molecular complexity index is 1170. The summed E-state index contributed by atoms with van der Waals surface area (Å²) in [6.45, 7) is -0.515. The van der Waals surface area contributed by atoms with E-state index in [-0.39, 0.29) is 23.2 Å². The lowest BCUT2D eigenvalue weighted by Crippen LogP contribution is -2.25. The van der Waals surface area contributed by atoms with Crippen molar-refractivity contribution in [3.05, 3.63) is 65.1 Å². The van der Waals surface area contributed by atoms with E-state index in [2.05, 4.69) is 10.3 Å². The largest absolute Gasteiger partial charge is 0.482 e. The van der Waals surface area contributed by atoms with Gasteiger partial charge in [0.05, 0.1) is 11.4 Å². The van der Waals surface area contributed by atoms with Crippen LogP contribution in [0.1, 0.15) is 16.1 Å². The maximum Gasteiger partial charge on any atom is 0.331 e. The van der Waals surface area contributed by atoms with Crippen molar-refractivity contribution in [2.45, 2.75) is 0 Å². The predicted molar refractivity (Wildman–Crippen MR) is 105 cm³/mol. The third kappa shape index (κ3) is 3.97. The van der Waals surface area contributed by atoms with Crippen molar-refractivity contribution in [3.8, 4) is 5.75 Å². The molecule has 146 valence electrons. The van der Waals surface area contributed by atoms with E-state index < -0.39 is 18.4 Å². The molecule has 0 fully saturated rings. The number of Topliss-reactive ketones (excluding diaryl/α,β-unsaturated/α-hetero) is 1. The minimum absolute atomic E-state index is 0.0687. The normalized spacial score (nSPS) is 13.1. The van der Waals surface area contributed by atoms with E-state index in [4.69, 9.17) is 21.1 Å². The van der Waals surface area contributed by atoms with Crippen LogP contribution in [0.25, 0.3) is 11.7 Å². The lowest BCUT2D eigenvalue weighted by Gasteiger charge is -2.18. The molecule has 1 aliphatic rings. The standard InChI is InChI=1S/C20H14ClN3O5/c21-20-14(24-8-2-1-3-17(24)23-20)5-7-19(27)29-10-15(25)12-4-6-16-13(9-12)22-18(26)11-28-16/h1-9H,10-11H2,(H,22,26)/b7-5+. The number of benzene rings is 1. The monoisotopic (exact) mass is 411 g/mol. The average molecular weight is 412 g/mol. The van der Waals surface area contributed by atoms with Crippen LogP contribution in [0, 0.1) is 0 Å². The Morgan fingerprint density at radius 3 is 3.03 bits per heavy atom. The number of aromatic nitrogens is 2. The molecule has 0 saturated carbocycles. The molecule has 8 nitrogen and oxygen atoms in total.